The van der Waals surface area contributed by atoms with Crippen LogP contribution in [0.25, 0.3) is 11.1 Å². The molecule has 1 fully saturated rings. The van der Waals surface area contributed by atoms with Crippen molar-refractivity contribution in [3.63, 3.8) is 0 Å². The van der Waals surface area contributed by atoms with Gasteiger partial charge in [0.15, 0.2) is 0 Å². The van der Waals surface area contributed by atoms with Crippen molar-refractivity contribution in [3.8, 4) is 16.9 Å². The fourth-order valence-electron chi connectivity index (χ4n) is 3.68. The van der Waals surface area contributed by atoms with Gasteiger partial charge in [0.05, 0.1) is 5.92 Å². The minimum atomic E-state index is -0.259. The third-order valence-corrected chi connectivity index (χ3v) is 5.11. The van der Waals surface area contributed by atoms with Crippen molar-refractivity contribution < 1.29 is 13.9 Å². The normalized spacial score (nSPS) is 20.2. The van der Waals surface area contributed by atoms with Crippen LogP contribution in [-0.2, 0) is 4.79 Å². The zero-order valence-corrected chi connectivity index (χ0v) is 14.7. The van der Waals surface area contributed by atoms with Gasteiger partial charge in [0, 0.05) is 0 Å². The van der Waals surface area contributed by atoms with Gasteiger partial charge in [-0.25, -0.2) is 4.39 Å². The molecule has 0 bridgehead atoms. The molecule has 0 N–H and O–H groups in total. The van der Waals surface area contributed by atoms with Crippen LogP contribution >= 0.6 is 0 Å². The van der Waals surface area contributed by atoms with Crippen LogP contribution in [0.15, 0.2) is 48.5 Å². The van der Waals surface area contributed by atoms with Crippen LogP contribution in [0, 0.1) is 17.7 Å². The van der Waals surface area contributed by atoms with E-state index < -0.39 is 0 Å². The number of ether oxygens (including phenoxy) is 1. The van der Waals surface area contributed by atoms with Crippen LogP contribution < -0.4 is 4.74 Å². The van der Waals surface area contributed by atoms with Gasteiger partial charge in [0.1, 0.15) is 11.6 Å². The highest BCUT2D eigenvalue weighted by molar-refractivity contribution is 5.76. The smallest absolute Gasteiger partial charge is 0.314 e. The molecule has 0 radical (unpaired) electrons. The number of rotatable bonds is 5. The lowest BCUT2D eigenvalue weighted by Crippen LogP contribution is -2.25. The van der Waals surface area contributed by atoms with Gasteiger partial charge in [0.2, 0.25) is 0 Å². The van der Waals surface area contributed by atoms with E-state index in [0.717, 1.165) is 42.7 Å². The molecule has 0 heterocycles. The largest absolute Gasteiger partial charge is 0.426 e. The fourth-order valence-corrected chi connectivity index (χ4v) is 3.68. The summed E-state index contributed by atoms with van der Waals surface area (Å²) in [6, 6.07) is 13.8. The van der Waals surface area contributed by atoms with Crippen LogP contribution in [0.4, 0.5) is 4.39 Å². The molecule has 3 heteroatoms. The summed E-state index contributed by atoms with van der Waals surface area (Å²) >= 11 is 0. The van der Waals surface area contributed by atoms with Gasteiger partial charge < -0.3 is 4.74 Å². The van der Waals surface area contributed by atoms with Crippen molar-refractivity contribution in [1.29, 1.82) is 0 Å². The minimum absolute atomic E-state index is 0.0163. The average Bonchev–Trinajstić information content (AvgIpc) is 2.63. The van der Waals surface area contributed by atoms with Gasteiger partial charge in [-0.3, -0.25) is 4.79 Å². The number of halogens is 1. The predicted molar refractivity (Wildman–Crippen MR) is 97.8 cm³/mol. The average molecular weight is 340 g/mol. The number of esters is 1. The van der Waals surface area contributed by atoms with Crippen LogP contribution in [-0.4, -0.2) is 5.97 Å². The highest BCUT2D eigenvalue weighted by Crippen LogP contribution is 2.33. The summed E-state index contributed by atoms with van der Waals surface area (Å²) in [5, 5.41) is 0. The second-order valence-electron chi connectivity index (χ2n) is 6.96. The number of hydrogen-bond acceptors (Lipinski definition) is 2. The maximum Gasteiger partial charge on any atom is 0.314 e. The molecule has 1 saturated carbocycles. The van der Waals surface area contributed by atoms with E-state index in [1.165, 1.54) is 25.0 Å². The van der Waals surface area contributed by atoms with E-state index >= 15 is 0 Å². The van der Waals surface area contributed by atoms with Crippen molar-refractivity contribution in [2.24, 2.45) is 11.8 Å². The molecule has 0 aliphatic heterocycles. The van der Waals surface area contributed by atoms with E-state index in [1.54, 1.807) is 18.2 Å². The van der Waals surface area contributed by atoms with Crippen LogP contribution in [0.5, 0.6) is 5.75 Å². The molecular formula is C22H25FO2. The highest BCUT2D eigenvalue weighted by atomic mass is 19.1. The van der Waals surface area contributed by atoms with Crippen molar-refractivity contribution in [2.45, 2.75) is 45.4 Å². The topological polar surface area (TPSA) is 26.3 Å². The second kappa shape index (κ2) is 8.28. The Morgan fingerprint density at radius 3 is 2.44 bits per heavy atom. The van der Waals surface area contributed by atoms with Gasteiger partial charge in [-0.2, -0.15) is 0 Å². The first-order chi connectivity index (χ1) is 12.2. The standard InChI is InChI=1S/C22H25FO2/c1-2-4-16-7-9-18(10-8-16)22(24)25-21-6-3-5-19(15-21)17-11-13-20(23)14-12-17/h3,5-6,11-16,18H,2,4,7-10H2,1H3. The number of carbonyl (C=O) groups excluding carboxylic acids is 1. The maximum absolute atomic E-state index is 13.1. The van der Waals surface area contributed by atoms with E-state index in [-0.39, 0.29) is 17.7 Å². The zero-order chi connectivity index (χ0) is 17.6. The van der Waals surface area contributed by atoms with E-state index in [4.69, 9.17) is 4.74 Å². The molecule has 0 unspecified atom stereocenters. The Bertz CT molecular complexity index is 700. The zero-order valence-electron chi connectivity index (χ0n) is 14.7. The summed E-state index contributed by atoms with van der Waals surface area (Å²) in [5.74, 6) is 0.970. The Morgan fingerprint density at radius 1 is 1.04 bits per heavy atom. The van der Waals surface area contributed by atoms with Crippen LogP contribution in [0.2, 0.25) is 0 Å². The molecule has 0 aromatic heterocycles. The maximum atomic E-state index is 13.1. The molecule has 25 heavy (non-hydrogen) atoms. The number of hydrogen-bond donors (Lipinski definition) is 0. The van der Waals surface area contributed by atoms with Gasteiger partial charge >= 0.3 is 5.97 Å². The van der Waals surface area contributed by atoms with Crippen molar-refractivity contribution in [2.75, 3.05) is 0 Å². The van der Waals surface area contributed by atoms with Crippen molar-refractivity contribution in [3.05, 3.63) is 54.3 Å². The molecule has 132 valence electrons. The highest BCUT2D eigenvalue weighted by Gasteiger charge is 2.27. The van der Waals surface area contributed by atoms with E-state index in [2.05, 4.69) is 6.92 Å². The Morgan fingerprint density at radius 2 is 1.76 bits per heavy atom. The number of benzene rings is 2. The van der Waals surface area contributed by atoms with Gasteiger partial charge in [-0.1, -0.05) is 44.0 Å². The Hall–Kier alpha value is -2.16. The predicted octanol–water partition coefficient (Wildman–Crippen LogP) is 6.00. The summed E-state index contributed by atoms with van der Waals surface area (Å²) in [5.41, 5.74) is 1.82. The van der Waals surface area contributed by atoms with Crippen LogP contribution in [0.1, 0.15) is 45.4 Å². The van der Waals surface area contributed by atoms with Gasteiger partial charge in [-0.15, -0.1) is 0 Å². The first-order valence-corrected chi connectivity index (χ1v) is 9.23. The molecule has 2 nitrogen and oxygen atoms in total. The minimum Gasteiger partial charge on any atom is -0.426 e. The molecule has 0 amide bonds. The lowest BCUT2D eigenvalue weighted by molar-refractivity contribution is -0.140. The first-order valence-electron chi connectivity index (χ1n) is 9.23. The quantitative estimate of drug-likeness (QED) is 0.492. The molecule has 0 saturated heterocycles. The molecule has 2 aromatic carbocycles. The Labute approximate surface area is 149 Å². The molecular weight excluding hydrogens is 315 g/mol. The Kier molecular flexibility index (Phi) is 5.85. The summed E-state index contributed by atoms with van der Waals surface area (Å²) in [6.45, 7) is 2.22. The Balaban J connectivity index is 1.62. The van der Waals surface area contributed by atoms with E-state index in [0.29, 0.717) is 5.75 Å². The third-order valence-electron chi connectivity index (χ3n) is 5.11. The summed E-state index contributed by atoms with van der Waals surface area (Å²) < 4.78 is 18.7. The second-order valence-corrected chi connectivity index (χ2v) is 6.96. The van der Waals surface area contributed by atoms with Crippen molar-refractivity contribution in [1.82, 2.24) is 0 Å². The summed E-state index contributed by atoms with van der Waals surface area (Å²) in [4.78, 5) is 12.5. The molecule has 3 rings (SSSR count). The summed E-state index contributed by atoms with van der Waals surface area (Å²) in [7, 11) is 0. The third kappa shape index (κ3) is 4.68. The molecule has 1 aliphatic carbocycles. The monoisotopic (exact) mass is 340 g/mol. The molecule has 1 aliphatic rings. The van der Waals surface area contributed by atoms with E-state index in [1.807, 2.05) is 18.2 Å². The lowest BCUT2D eigenvalue weighted by atomic mass is 9.80. The fraction of sp³-hybridized carbons (Fsp3) is 0.409. The molecule has 0 atom stereocenters. The molecule has 2 aromatic rings. The van der Waals surface area contributed by atoms with Crippen LogP contribution in [0.3, 0.4) is 0 Å². The van der Waals surface area contributed by atoms with E-state index in [9.17, 15) is 9.18 Å². The van der Waals surface area contributed by atoms with Crippen molar-refractivity contribution >= 4 is 5.97 Å². The summed E-state index contributed by atoms with van der Waals surface area (Å²) in [6.07, 6.45) is 6.60. The lowest BCUT2D eigenvalue weighted by Gasteiger charge is -2.26. The first kappa shape index (κ1) is 17.7. The number of carbonyl (C=O) groups is 1. The SMILES string of the molecule is CCCC1CCC(C(=O)Oc2cccc(-c3ccc(F)cc3)c2)CC1. The molecule has 0 spiro atoms. The van der Waals surface area contributed by atoms with Gasteiger partial charge in [-0.05, 0) is 67.0 Å². The van der Waals surface area contributed by atoms with Gasteiger partial charge in [0.25, 0.3) is 0 Å².